The molecule has 3 heterocycles. The summed E-state index contributed by atoms with van der Waals surface area (Å²) in [6.07, 6.45) is 3.62. The number of aromatic nitrogens is 5. The molecule has 30 heavy (non-hydrogen) atoms. The van der Waals surface area contributed by atoms with Gasteiger partial charge < -0.3 is 10.6 Å². The Labute approximate surface area is 182 Å². The third-order valence-corrected chi connectivity index (χ3v) is 5.71. The molecule has 0 saturated heterocycles. The maximum Gasteiger partial charge on any atom is 0.277 e. The first-order valence-corrected chi connectivity index (χ1v) is 10.7. The van der Waals surface area contributed by atoms with E-state index in [1.165, 1.54) is 4.68 Å². The van der Waals surface area contributed by atoms with Crippen molar-refractivity contribution in [3.8, 4) is 0 Å². The highest BCUT2D eigenvalue weighted by Crippen LogP contribution is 2.33. The summed E-state index contributed by atoms with van der Waals surface area (Å²) in [7, 11) is 1.66. The fraction of sp³-hybridized carbons (Fsp3) is 0.200. The summed E-state index contributed by atoms with van der Waals surface area (Å²) in [6, 6.07) is 7.36. The number of H-pyrrole nitrogens is 1. The first-order chi connectivity index (χ1) is 14.4. The number of hydrogen-bond donors (Lipinski definition) is 3. The van der Waals surface area contributed by atoms with Crippen molar-refractivity contribution < 1.29 is 0 Å². The Balaban J connectivity index is 1.81. The number of aryl methyl sites for hydroxylation is 3. The third-order valence-electron chi connectivity index (χ3n) is 4.69. The zero-order valence-electron chi connectivity index (χ0n) is 16.9. The number of halogens is 1. The largest absolute Gasteiger partial charge is 0.354 e. The number of hydrogen-bond acceptors (Lipinski definition) is 7. The van der Waals surface area contributed by atoms with Crippen LogP contribution in [-0.2, 0) is 7.05 Å². The SMILES string of the molecule is CSc1cc(Cl)ccc1Nc1cc(Nc2cnc(C)c(C)n2)nc2[nH]n(C)c(=O)c12. The predicted molar refractivity (Wildman–Crippen MR) is 123 cm³/mol. The second-order valence-electron chi connectivity index (χ2n) is 6.78. The molecule has 0 amide bonds. The summed E-state index contributed by atoms with van der Waals surface area (Å²) in [6.45, 7) is 3.80. The average Bonchev–Trinajstić information content (AvgIpc) is 3.00. The second kappa shape index (κ2) is 8.00. The zero-order chi connectivity index (χ0) is 21.4. The number of nitrogens with zero attached hydrogens (tertiary/aromatic N) is 4. The molecule has 0 unspecified atom stereocenters. The third kappa shape index (κ3) is 3.86. The molecule has 0 aliphatic heterocycles. The van der Waals surface area contributed by atoms with Crippen molar-refractivity contribution in [2.24, 2.45) is 7.05 Å². The number of benzene rings is 1. The topological polar surface area (TPSA) is 101 Å². The number of thioether (sulfide) groups is 1. The van der Waals surface area contributed by atoms with Gasteiger partial charge in [-0.1, -0.05) is 11.6 Å². The van der Waals surface area contributed by atoms with Crippen molar-refractivity contribution in [2.75, 3.05) is 16.9 Å². The maximum absolute atomic E-state index is 12.7. The van der Waals surface area contributed by atoms with E-state index in [4.69, 9.17) is 11.6 Å². The molecule has 10 heteroatoms. The van der Waals surface area contributed by atoms with E-state index in [1.807, 2.05) is 32.2 Å². The molecule has 154 valence electrons. The van der Waals surface area contributed by atoms with Crippen LogP contribution in [0.15, 0.2) is 40.2 Å². The molecule has 3 aromatic heterocycles. The standard InChI is InChI=1S/C20H20ClN7OS/c1-10-11(2)23-17(9-22-10)25-16-8-14(18-19(26-16)27-28(3)20(18)29)24-13-6-5-12(21)7-15(13)30-4/h5-9H,1-4H3,(H3,23,24,25,26,27). The highest BCUT2D eigenvalue weighted by molar-refractivity contribution is 7.98. The monoisotopic (exact) mass is 441 g/mol. The van der Waals surface area contributed by atoms with E-state index in [2.05, 4.69) is 30.7 Å². The minimum atomic E-state index is -0.169. The highest BCUT2D eigenvalue weighted by atomic mass is 35.5. The molecule has 8 nitrogen and oxygen atoms in total. The molecule has 0 fully saturated rings. The quantitative estimate of drug-likeness (QED) is 0.391. The van der Waals surface area contributed by atoms with Gasteiger partial charge in [0.25, 0.3) is 5.56 Å². The van der Waals surface area contributed by atoms with Crippen LogP contribution in [-0.4, -0.2) is 31.0 Å². The lowest BCUT2D eigenvalue weighted by Gasteiger charge is -2.13. The first kappa shape index (κ1) is 20.2. The number of rotatable bonds is 5. The van der Waals surface area contributed by atoms with Gasteiger partial charge >= 0.3 is 0 Å². The van der Waals surface area contributed by atoms with Crippen molar-refractivity contribution in [2.45, 2.75) is 18.7 Å². The van der Waals surface area contributed by atoms with E-state index >= 15 is 0 Å². The van der Waals surface area contributed by atoms with Crippen LogP contribution in [0.1, 0.15) is 11.4 Å². The molecule has 0 aliphatic rings. The van der Waals surface area contributed by atoms with Gasteiger partial charge in [0.1, 0.15) is 17.0 Å². The molecule has 3 N–H and O–H groups in total. The molecule has 4 rings (SSSR count). The summed E-state index contributed by atoms with van der Waals surface area (Å²) < 4.78 is 1.40. The summed E-state index contributed by atoms with van der Waals surface area (Å²) in [4.78, 5) is 27.0. The van der Waals surface area contributed by atoms with Gasteiger partial charge in [0.15, 0.2) is 5.65 Å². The van der Waals surface area contributed by atoms with Crippen LogP contribution >= 0.6 is 23.4 Å². The molecule has 1 aromatic carbocycles. The first-order valence-electron chi connectivity index (χ1n) is 9.13. The zero-order valence-corrected chi connectivity index (χ0v) is 18.4. The Morgan fingerprint density at radius 1 is 1.07 bits per heavy atom. The van der Waals surface area contributed by atoms with E-state index in [0.717, 1.165) is 22.0 Å². The molecule has 0 spiro atoms. The van der Waals surface area contributed by atoms with Crippen LogP contribution in [0.3, 0.4) is 0 Å². The second-order valence-corrected chi connectivity index (χ2v) is 8.06. The Morgan fingerprint density at radius 2 is 1.87 bits per heavy atom. The van der Waals surface area contributed by atoms with Crippen molar-refractivity contribution in [1.29, 1.82) is 0 Å². The summed E-state index contributed by atoms with van der Waals surface area (Å²) in [5.74, 6) is 1.11. The van der Waals surface area contributed by atoms with Gasteiger partial charge in [-0.05, 0) is 38.3 Å². The average molecular weight is 442 g/mol. The van der Waals surface area contributed by atoms with Gasteiger partial charge in [0.05, 0.1) is 29.0 Å². The Bertz CT molecular complexity index is 1310. The maximum atomic E-state index is 12.7. The van der Waals surface area contributed by atoms with Gasteiger partial charge in [-0.25, -0.2) is 9.97 Å². The Hall–Kier alpha value is -3.04. The summed E-state index contributed by atoms with van der Waals surface area (Å²) in [5.41, 5.74) is 3.46. The number of pyridine rings is 1. The molecule has 0 radical (unpaired) electrons. The smallest absolute Gasteiger partial charge is 0.277 e. The van der Waals surface area contributed by atoms with Gasteiger partial charge in [0, 0.05) is 23.0 Å². The van der Waals surface area contributed by atoms with Gasteiger partial charge in [-0.3, -0.25) is 19.6 Å². The minimum absolute atomic E-state index is 0.169. The van der Waals surface area contributed by atoms with Gasteiger partial charge in [0.2, 0.25) is 0 Å². The molecule has 0 bridgehead atoms. The number of aromatic amines is 1. The van der Waals surface area contributed by atoms with Crippen molar-refractivity contribution in [3.05, 3.63) is 57.2 Å². The minimum Gasteiger partial charge on any atom is -0.354 e. The highest BCUT2D eigenvalue weighted by Gasteiger charge is 2.15. The van der Waals surface area contributed by atoms with E-state index in [1.54, 1.807) is 37.1 Å². The van der Waals surface area contributed by atoms with Crippen molar-refractivity contribution in [1.82, 2.24) is 24.7 Å². The fourth-order valence-corrected chi connectivity index (χ4v) is 3.85. The number of anilines is 4. The lowest BCUT2D eigenvalue weighted by Crippen LogP contribution is -2.12. The van der Waals surface area contributed by atoms with E-state index in [0.29, 0.717) is 33.4 Å². The van der Waals surface area contributed by atoms with Crippen LogP contribution in [0.4, 0.5) is 23.0 Å². The van der Waals surface area contributed by atoms with Crippen LogP contribution in [0.2, 0.25) is 5.02 Å². The van der Waals surface area contributed by atoms with Crippen LogP contribution in [0, 0.1) is 13.8 Å². The number of fused-ring (bicyclic) bond motifs is 1. The number of nitrogens with one attached hydrogen (secondary N) is 3. The molecular weight excluding hydrogens is 422 g/mol. The normalized spacial score (nSPS) is 11.1. The van der Waals surface area contributed by atoms with E-state index in [9.17, 15) is 4.79 Å². The molecular formula is C20H20ClN7OS. The summed E-state index contributed by atoms with van der Waals surface area (Å²) >= 11 is 7.69. The Kier molecular flexibility index (Phi) is 5.40. The fourth-order valence-electron chi connectivity index (χ4n) is 3.03. The van der Waals surface area contributed by atoms with Gasteiger partial charge in [-0.2, -0.15) is 0 Å². The molecule has 0 aliphatic carbocycles. The van der Waals surface area contributed by atoms with Crippen molar-refractivity contribution in [3.63, 3.8) is 0 Å². The van der Waals surface area contributed by atoms with Crippen LogP contribution < -0.4 is 16.2 Å². The van der Waals surface area contributed by atoms with Crippen LogP contribution in [0.25, 0.3) is 11.0 Å². The molecule has 0 atom stereocenters. The van der Waals surface area contributed by atoms with E-state index < -0.39 is 0 Å². The Morgan fingerprint density at radius 3 is 2.60 bits per heavy atom. The molecule has 0 saturated carbocycles. The van der Waals surface area contributed by atoms with E-state index in [-0.39, 0.29) is 5.56 Å². The summed E-state index contributed by atoms with van der Waals surface area (Å²) in [5, 5.41) is 10.6. The lowest BCUT2D eigenvalue weighted by molar-refractivity contribution is 0.748. The predicted octanol–water partition coefficient (Wildman–Crippen LogP) is 4.53. The lowest BCUT2D eigenvalue weighted by atomic mass is 10.2. The molecule has 4 aromatic rings. The van der Waals surface area contributed by atoms with Gasteiger partial charge in [-0.15, -0.1) is 11.8 Å². The van der Waals surface area contributed by atoms with Crippen molar-refractivity contribution >= 4 is 57.4 Å². The van der Waals surface area contributed by atoms with Crippen LogP contribution in [0.5, 0.6) is 0 Å².